The minimum Gasteiger partial charge on any atom is -0.398 e. The van der Waals surface area contributed by atoms with Crippen molar-refractivity contribution in [3.63, 3.8) is 0 Å². The van der Waals surface area contributed by atoms with Gasteiger partial charge in [0, 0.05) is 28.9 Å². The number of sulfonamides is 1. The van der Waals surface area contributed by atoms with Gasteiger partial charge in [-0.1, -0.05) is 0 Å². The molecule has 0 amide bonds. The van der Waals surface area contributed by atoms with E-state index in [1.165, 1.54) is 0 Å². The van der Waals surface area contributed by atoms with Gasteiger partial charge in [0.1, 0.15) is 10.7 Å². The number of nitrogens with one attached hydrogen (secondary N) is 1. The number of nitrogens with two attached hydrogens (primary N) is 1. The normalized spacial score (nSPS) is 15.1. The van der Waals surface area contributed by atoms with Crippen molar-refractivity contribution in [2.75, 3.05) is 17.7 Å². The molecule has 0 fully saturated rings. The van der Waals surface area contributed by atoms with Crippen LogP contribution in [-0.2, 0) is 20.8 Å². The Morgan fingerprint density at radius 1 is 1.47 bits per heavy atom. The summed E-state index contributed by atoms with van der Waals surface area (Å²) in [4.78, 5) is -0.154. The first-order chi connectivity index (χ1) is 8.72. The van der Waals surface area contributed by atoms with Gasteiger partial charge >= 0.3 is 0 Å². The van der Waals surface area contributed by atoms with Gasteiger partial charge in [-0.15, -0.1) is 0 Å². The third-order valence-corrected chi connectivity index (χ3v) is 4.93. The predicted molar refractivity (Wildman–Crippen MR) is 74.1 cm³/mol. The third-order valence-electron chi connectivity index (χ3n) is 2.46. The molecule has 0 bridgehead atoms. The maximum atomic E-state index is 12.9. The minimum absolute atomic E-state index is 0.140. The number of hydrogen-bond acceptors (Lipinski definition) is 4. The molecule has 0 heterocycles. The Morgan fingerprint density at radius 3 is 2.63 bits per heavy atom. The van der Waals surface area contributed by atoms with Crippen molar-refractivity contribution in [3.8, 4) is 0 Å². The second-order valence-corrected chi connectivity index (χ2v) is 7.51. The molecule has 108 valence electrons. The molecule has 0 spiro atoms. The molecule has 8 heteroatoms. The fraction of sp³-hybridized carbons (Fsp3) is 0.455. The maximum absolute atomic E-state index is 12.9. The lowest BCUT2D eigenvalue weighted by Crippen LogP contribution is -2.34. The van der Waals surface area contributed by atoms with Gasteiger partial charge in [0.05, 0.1) is 5.69 Å². The van der Waals surface area contributed by atoms with Crippen LogP contribution in [0.1, 0.15) is 13.3 Å². The van der Waals surface area contributed by atoms with E-state index in [0.29, 0.717) is 12.2 Å². The van der Waals surface area contributed by atoms with E-state index in [1.54, 1.807) is 13.2 Å². The van der Waals surface area contributed by atoms with E-state index in [9.17, 15) is 17.0 Å². The van der Waals surface area contributed by atoms with Gasteiger partial charge < -0.3 is 5.73 Å². The smallest absolute Gasteiger partial charge is 0.242 e. The second kappa shape index (κ2) is 6.44. The molecule has 2 atom stereocenters. The van der Waals surface area contributed by atoms with Crippen molar-refractivity contribution in [1.82, 2.24) is 4.72 Å². The first kappa shape index (κ1) is 16.1. The average molecular weight is 308 g/mol. The molecule has 0 saturated carbocycles. The Hall–Kier alpha value is -0.990. The monoisotopic (exact) mass is 308 g/mol. The highest BCUT2D eigenvalue weighted by atomic mass is 32.2. The van der Waals surface area contributed by atoms with E-state index in [0.717, 1.165) is 18.2 Å². The van der Waals surface area contributed by atoms with Gasteiger partial charge in [-0.25, -0.2) is 17.5 Å². The maximum Gasteiger partial charge on any atom is 0.242 e. The topological polar surface area (TPSA) is 89.3 Å². The number of halogens is 1. The summed E-state index contributed by atoms with van der Waals surface area (Å²) in [5, 5.41) is 0. The Kier molecular flexibility index (Phi) is 5.45. The number of benzene rings is 1. The molecule has 1 rings (SSSR count). The van der Waals surface area contributed by atoms with Crippen LogP contribution >= 0.6 is 0 Å². The molecule has 1 aromatic rings. The summed E-state index contributed by atoms with van der Waals surface area (Å²) >= 11 is 0. The number of hydrogen-bond donors (Lipinski definition) is 2. The van der Waals surface area contributed by atoms with Crippen LogP contribution in [0, 0.1) is 5.82 Å². The van der Waals surface area contributed by atoms with Crippen LogP contribution in [0.4, 0.5) is 10.1 Å². The molecule has 5 nitrogen and oxygen atoms in total. The summed E-state index contributed by atoms with van der Waals surface area (Å²) in [6, 6.07) is 2.74. The summed E-state index contributed by atoms with van der Waals surface area (Å²) in [6.45, 7) is 1.67. The number of nitrogen functional groups attached to an aromatic ring is 1. The highest BCUT2D eigenvalue weighted by molar-refractivity contribution is 7.89. The number of anilines is 1. The third kappa shape index (κ3) is 4.88. The first-order valence-electron chi connectivity index (χ1n) is 5.60. The lowest BCUT2D eigenvalue weighted by atomic mass is 10.3. The zero-order chi connectivity index (χ0) is 14.6. The van der Waals surface area contributed by atoms with Crippen molar-refractivity contribution in [3.05, 3.63) is 24.0 Å². The molecule has 0 aliphatic rings. The first-order valence-corrected chi connectivity index (χ1v) is 8.81. The molecular weight excluding hydrogens is 291 g/mol. The lowest BCUT2D eigenvalue weighted by Gasteiger charge is -2.14. The Bertz CT molecular complexity index is 575. The minimum atomic E-state index is -3.80. The van der Waals surface area contributed by atoms with E-state index < -0.39 is 26.6 Å². The number of rotatable bonds is 6. The van der Waals surface area contributed by atoms with Crippen LogP contribution in [0.3, 0.4) is 0 Å². The van der Waals surface area contributed by atoms with E-state index in [1.807, 2.05) is 0 Å². The predicted octanol–water partition coefficient (Wildman–Crippen LogP) is 0.843. The molecular formula is C11H17FN2O3S2. The quantitative estimate of drug-likeness (QED) is 0.762. The molecule has 1 aromatic carbocycles. The Morgan fingerprint density at radius 2 is 2.11 bits per heavy atom. The molecule has 19 heavy (non-hydrogen) atoms. The van der Waals surface area contributed by atoms with Crippen molar-refractivity contribution < 1.29 is 17.0 Å². The van der Waals surface area contributed by atoms with Crippen LogP contribution in [0.15, 0.2) is 23.1 Å². The van der Waals surface area contributed by atoms with Crippen molar-refractivity contribution in [2.45, 2.75) is 24.3 Å². The average Bonchev–Trinajstić information content (AvgIpc) is 2.25. The standard InChI is InChI=1S/C11H17FN2O3S2/c1-8(5-6-18(2)15)14-19(16,17)11-4-3-9(12)7-10(11)13/h3-4,7-8,14H,5-6,13H2,1-2H3. The summed E-state index contributed by atoms with van der Waals surface area (Å²) in [5.41, 5.74) is 5.36. The van der Waals surface area contributed by atoms with Crippen LogP contribution in [0.5, 0.6) is 0 Å². The second-order valence-electron chi connectivity index (χ2n) is 4.27. The van der Waals surface area contributed by atoms with E-state index in [2.05, 4.69) is 4.72 Å². The largest absolute Gasteiger partial charge is 0.398 e. The van der Waals surface area contributed by atoms with Crippen molar-refractivity contribution >= 4 is 26.5 Å². The van der Waals surface area contributed by atoms with Gasteiger partial charge in [-0.05, 0) is 31.5 Å². The van der Waals surface area contributed by atoms with Crippen LogP contribution in [-0.4, -0.2) is 30.7 Å². The molecule has 0 radical (unpaired) electrons. The summed E-state index contributed by atoms with van der Waals surface area (Å²) in [6.07, 6.45) is 2.00. The highest BCUT2D eigenvalue weighted by Crippen LogP contribution is 2.19. The van der Waals surface area contributed by atoms with Crippen LogP contribution < -0.4 is 10.5 Å². The van der Waals surface area contributed by atoms with Gasteiger partial charge in [0.25, 0.3) is 0 Å². The molecule has 0 saturated heterocycles. The molecule has 2 unspecified atom stereocenters. The van der Waals surface area contributed by atoms with Crippen LogP contribution in [0.25, 0.3) is 0 Å². The van der Waals surface area contributed by atoms with Gasteiger partial charge in [0.15, 0.2) is 0 Å². The van der Waals surface area contributed by atoms with Crippen molar-refractivity contribution in [1.29, 1.82) is 0 Å². The molecule has 0 aromatic heterocycles. The Balaban J connectivity index is 2.83. The van der Waals surface area contributed by atoms with E-state index in [4.69, 9.17) is 5.73 Å². The van der Waals surface area contributed by atoms with Crippen LogP contribution in [0.2, 0.25) is 0 Å². The van der Waals surface area contributed by atoms with Gasteiger partial charge in [0.2, 0.25) is 10.0 Å². The highest BCUT2D eigenvalue weighted by Gasteiger charge is 2.20. The fourth-order valence-corrected chi connectivity index (χ4v) is 3.57. The zero-order valence-corrected chi connectivity index (χ0v) is 12.4. The van der Waals surface area contributed by atoms with E-state index >= 15 is 0 Å². The van der Waals surface area contributed by atoms with Crippen molar-refractivity contribution in [2.24, 2.45) is 0 Å². The fourth-order valence-electron chi connectivity index (χ4n) is 1.49. The Labute approximate surface area is 114 Å². The summed E-state index contributed by atoms with van der Waals surface area (Å²) in [7, 11) is -4.77. The summed E-state index contributed by atoms with van der Waals surface area (Å²) < 4.78 is 50.3. The molecule has 0 aliphatic heterocycles. The lowest BCUT2D eigenvalue weighted by molar-refractivity contribution is 0.555. The molecule has 3 N–H and O–H groups in total. The SMILES string of the molecule is CC(CCS(C)=O)NS(=O)(=O)c1ccc(F)cc1N. The van der Waals surface area contributed by atoms with Gasteiger partial charge in [-0.2, -0.15) is 0 Å². The summed E-state index contributed by atoms with van der Waals surface area (Å²) in [5.74, 6) is -0.186. The zero-order valence-electron chi connectivity index (χ0n) is 10.7. The molecule has 0 aliphatic carbocycles. The van der Waals surface area contributed by atoms with Gasteiger partial charge in [-0.3, -0.25) is 4.21 Å². The van der Waals surface area contributed by atoms with E-state index in [-0.39, 0.29) is 16.6 Å².